The summed E-state index contributed by atoms with van der Waals surface area (Å²) in [6.45, 7) is 0.772. The summed E-state index contributed by atoms with van der Waals surface area (Å²) < 4.78 is 5.59. The second kappa shape index (κ2) is 6.03. The van der Waals surface area contributed by atoms with Crippen molar-refractivity contribution >= 4 is 23.4 Å². The topological polar surface area (TPSA) is 214 Å². The number of ether oxygens (including phenoxy) is 1. The van der Waals surface area contributed by atoms with Gasteiger partial charge in [0.1, 0.15) is 35.3 Å². The maximum atomic E-state index is 11.7. The van der Waals surface area contributed by atoms with E-state index < -0.39 is 42.3 Å². The number of nitrogens with zero attached hydrogens (tertiary/aromatic N) is 3. The van der Waals surface area contributed by atoms with Crippen molar-refractivity contribution < 1.29 is 30.1 Å². The molecular formula is C14H20N6O6. The number of aliphatic hydroxyl groups is 3. The number of aliphatic hydroxyl groups excluding tert-OH is 2. The van der Waals surface area contributed by atoms with Gasteiger partial charge in [0.2, 0.25) is 5.95 Å². The Kier molecular flexibility index (Phi) is 4.24. The molecule has 1 aromatic heterocycles. The van der Waals surface area contributed by atoms with E-state index in [0.29, 0.717) is 5.06 Å². The van der Waals surface area contributed by atoms with Gasteiger partial charge in [0.25, 0.3) is 5.91 Å². The lowest BCUT2D eigenvalue weighted by molar-refractivity contribution is -0.115. The van der Waals surface area contributed by atoms with Crippen LogP contribution in [0.5, 0.6) is 0 Å². The van der Waals surface area contributed by atoms with E-state index in [0.717, 1.165) is 0 Å². The Labute approximate surface area is 147 Å². The van der Waals surface area contributed by atoms with Crippen LogP contribution in [-0.4, -0.2) is 66.9 Å². The van der Waals surface area contributed by atoms with Crippen LogP contribution in [0.4, 0.5) is 17.5 Å². The van der Waals surface area contributed by atoms with Gasteiger partial charge in [-0.2, -0.15) is 4.98 Å². The third-order valence-corrected chi connectivity index (χ3v) is 4.66. The number of hydrogen-bond donors (Lipinski definition) is 7. The second-order valence-corrected chi connectivity index (χ2v) is 6.40. The monoisotopic (exact) mass is 368 g/mol. The van der Waals surface area contributed by atoms with Gasteiger partial charge in [-0.1, -0.05) is 0 Å². The molecular weight excluding hydrogens is 348 g/mol. The van der Waals surface area contributed by atoms with Crippen molar-refractivity contribution in [3.63, 3.8) is 0 Å². The summed E-state index contributed by atoms with van der Waals surface area (Å²) in [7, 11) is 0. The summed E-state index contributed by atoms with van der Waals surface area (Å²) in [4.78, 5) is 19.5. The Bertz CT molecular complexity index is 783. The molecule has 0 bridgehead atoms. The van der Waals surface area contributed by atoms with E-state index in [1.165, 1.54) is 13.0 Å². The van der Waals surface area contributed by atoms with Crippen LogP contribution in [0.25, 0.3) is 0 Å². The predicted molar refractivity (Wildman–Crippen MR) is 87.5 cm³/mol. The minimum absolute atomic E-state index is 0.0681. The van der Waals surface area contributed by atoms with Crippen LogP contribution in [0.3, 0.4) is 0 Å². The molecule has 0 radical (unpaired) electrons. The number of nitrogens with two attached hydrogens (primary N) is 3. The lowest BCUT2D eigenvalue weighted by Gasteiger charge is -2.36. The Morgan fingerprint density at radius 2 is 2.08 bits per heavy atom. The number of hydrogen-bond acceptors (Lipinski definition) is 11. The lowest BCUT2D eigenvalue weighted by atomic mass is 9.81. The van der Waals surface area contributed by atoms with Gasteiger partial charge in [-0.3, -0.25) is 10.0 Å². The van der Waals surface area contributed by atoms with Crippen LogP contribution >= 0.6 is 0 Å². The second-order valence-electron chi connectivity index (χ2n) is 6.40. The number of anilines is 3. The molecule has 1 amide bonds. The van der Waals surface area contributed by atoms with E-state index in [1.807, 2.05) is 0 Å². The number of fused-ring (bicyclic) bond motifs is 1. The summed E-state index contributed by atoms with van der Waals surface area (Å²) in [5, 5.41) is 41.0. The Morgan fingerprint density at radius 3 is 2.62 bits per heavy atom. The molecule has 5 atom stereocenters. The number of carbonyl (C=O) groups is 1. The van der Waals surface area contributed by atoms with Crippen molar-refractivity contribution in [3.8, 4) is 0 Å². The number of hydroxylamine groups is 1. The number of primary amides is 1. The molecule has 2 aliphatic rings. The first kappa shape index (κ1) is 18.3. The zero-order valence-electron chi connectivity index (χ0n) is 13.8. The Balaban J connectivity index is 2.18. The first-order chi connectivity index (χ1) is 12.1. The molecule has 3 rings (SSSR count). The molecule has 0 aliphatic carbocycles. The van der Waals surface area contributed by atoms with E-state index in [4.69, 9.17) is 21.9 Å². The third kappa shape index (κ3) is 2.55. The van der Waals surface area contributed by atoms with Crippen LogP contribution in [0.15, 0.2) is 11.8 Å². The quantitative estimate of drug-likeness (QED) is 0.288. The van der Waals surface area contributed by atoms with Gasteiger partial charge in [-0.05, 0) is 13.0 Å². The van der Waals surface area contributed by atoms with E-state index in [1.54, 1.807) is 0 Å². The fourth-order valence-corrected chi connectivity index (χ4v) is 3.35. The fourth-order valence-electron chi connectivity index (χ4n) is 3.35. The minimum Gasteiger partial charge on any atom is -0.394 e. The molecule has 0 spiro atoms. The summed E-state index contributed by atoms with van der Waals surface area (Å²) in [5.74, 6) is -2.36. The summed E-state index contributed by atoms with van der Waals surface area (Å²) in [6, 6.07) is 0. The van der Waals surface area contributed by atoms with Crippen LogP contribution in [0.2, 0.25) is 0 Å². The highest BCUT2D eigenvalue weighted by Gasteiger charge is 2.56. The van der Waals surface area contributed by atoms with E-state index in [2.05, 4.69) is 9.97 Å². The smallest absolute Gasteiger partial charge is 0.267 e. The third-order valence-electron chi connectivity index (χ3n) is 4.66. The number of nitrogen functional groups attached to an aromatic ring is 2. The summed E-state index contributed by atoms with van der Waals surface area (Å²) in [5.41, 5.74) is 14.5. The van der Waals surface area contributed by atoms with Crippen molar-refractivity contribution in [2.24, 2.45) is 5.73 Å². The van der Waals surface area contributed by atoms with Crippen LogP contribution < -0.4 is 22.3 Å². The maximum Gasteiger partial charge on any atom is 0.267 e. The van der Waals surface area contributed by atoms with Gasteiger partial charge >= 0.3 is 0 Å². The van der Waals surface area contributed by atoms with Crippen molar-refractivity contribution in [1.29, 1.82) is 0 Å². The molecule has 26 heavy (non-hydrogen) atoms. The predicted octanol–water partition coefficient (Wildman–Crippen LogP) is -2.83. The van der Waals surface area contributed by atoms with Gasteiger partial charge in [0.15, 0.2) is 5.82 Å². The lowest BCUT2D eigenvalue weighted by Crippen LogP contribution is -2.49. The highest BCUT2D eigenvalue weighted by molar-refractivity contribution is 5.97. The Morgan fingerprint density at radius 1 is 1.42 bits per heavy atom. The van der Waals surface area contributed by atoms with Crippen LogP contribution in [-0.2, 0) is 9.53 Å². The van der Waals surface area contributed by atoms with Gasteiger partial charge in [0.05, 0.1) is 18.2 Å². The van der Waals surface area contributed by atoms with Gasteiger partial charge in [-0.25, -0.2) is 10.0 Å². The van der Waals surface area contributed by atoms with Crippen molar-refractivity contribution in [1.82, 2.24) is 9.97 Å². The minimum atomic E-state index is -1.82. The van der Waals surface area contributed by atoms with E-state index in [-0.39, 0.29) is 28.8 Å². The van der Waals surface area contributed by atoms with Gasteiger partial charge < -0.3 is 37.3 Å². The van der Waals surface area contributed by atoms with E-state index >= 15 is 0 Å². The molecule has 1 fully saturated rings. The van der Waals surface area contributed by atoms with Crippen molar-refractivity contribution in [3.05, 3.63) is 17.5 Å². The maximum absolute atomic E-state index is 11.7. The molecule has 0 aromatic carbocycles. The van der Waals surface area contributed by atoms with Gasteiger partial charge in [-0.15, -0.1) is 0 Å². The molecule has 1 aromatic rings. The zero-order valence-corrected chi connectivity index (χ0v) is 13.8. The number of amides is 1. The molecule has 10 N–H and O–H groups in total. The Hall–Kier alpha value is -2.51. The fraction of sp³-hybridized carbons (Fsp3) is 0.500. The van der Waals surface area contributed by atoms with Crippen LogP contribution in [0.1, 0.15) is 18.5 Å². The first-order valence-electron chi connectivity index (χ1n) is 7.69. The van der Waals surface area contributed by atoms with Crippen LogP contribution in [0, 0.1) is 0 Å². The molecule has 0 saturated carbocycles. The molecule has 2 aliphatic heterocycles. The highest BCUT2D eigenvalue weighted by atomic mass is 16.6. The summed E-state index contributed by atoms with van der Waals surface area (Å²) in [6.07, 6.45) is -2.39. The normalized spacial score (nSPS) is 33.7. The number of aromatic nitrogens is 2. The average Bonchev–Trinajstić information content (AvgIpc) is 2.77. The molecule has 3 heterocycles. The zero-order chi connectivity index (χ0) is 19.4. The van der Waals surface area contributed by atoms with Crippen molar-refractivity contribution in [2.45, 2.75) is 36.8 Å². The highest BCUT2D eigenvalue weighted by Crippen LogP contribution is 2.46. The van der Waals surface area contributed by atoms with Crippen molar-refractivity contribution in [2.75, 3.05) is 23.1 Å². The molecule has 2 unspecified atom stereocenters. The molecule has 12 nitrogen and oxygen atoms in total. The molecule has 142 valence electrons. The molecule has 1 saturated heterocycles. The number of rotatable bonds is 3. The van der Waals surface area contributed by atoms with Gasteiger partial charge in [0, 0.05) is 0 Å². The summed E-state index contributed by atoms with van der Waals surface area (Å²) >= 11 is 0. The average molecular weight is 368 g/mol. The largest absolute Gasteiger partial charge is 0.394 e. The SMILES string of the molecule is C[C@]1(O)C(C2C=C(C(N)=O)N(O)c3c(N)nc(N)nc32)O[C@H](CO)[C@H]1O. The standard InChI is InChI=1S/C14H20N6O6/c1-14(24)9(22)6(3-21)26-10(14)4-2-5(12(16)23)20(25)8-7(4)18-13(17)19-11(8)15/h2,4,6,9-10,21-22,24-25H,3H2,1H3,(H2,16,23)(H4,15,17,18,19)/t4?,6-,9-,10?,14-/m1/s1. The van der Waals surface area contributed by atoms with E-state index in [9.17, 15) is 25.3 Å². The number of carbonyl (C=O) groups excluding carboxylic acids is 1. The molecule has 12 heteroatoms. The first-order valence-corrected chi connectivity index (χ1v) is 7.69.